The van der Waals surface area contributed by atoms with Gasteiger partial charge in [0.2, 0.25) is 5.91 Å². The Kier molecular flexibility index (Phi) is 6.50. The van der Waals surface area contributed by atoms with Gasteiger partial charge in [0.15, 0.2) is 0 Å². The minimum absolute atomic E-state index is 0.0937. The summed E-state index contributed by atoms with van der Waals surface area (Å²) < 4.78 is 0. The van der Waals surface area contributed by atoms with Crippen LogP contribution in [0.5, 0.6) is 0 Å². The van der Waals surface area contributed by atoms with Crippen molar-refractivity contribution >= 4 is 17.7 Å². The van der Waals surface area contributed by atoms with Crippen molar-refractivity contribution in [2.75, 3.05) is 12.3 Å². The second kappa shape index (κ2) is 7.39. The summed E-state index contributed by atoms with van der Waals surface area (Å²) in [5, 5.41) is 7.26. The predicted octanol–water partition coefficient (Wildman–Crippen LogP) is 2.56. The highest BCUT2D eigenvalue weighted by Crippen LogP contribution is 2.29. The van der Waals surface area contributed by atoms with Crippen LogP contribution in [0, 0.1) is 0 Å². The van der Waals surface area contributed by atoms with Crippen LogP contribution in [-0.2, 0) is 4.79 Å². The molecule has 0 heterocycles. The zero-order valence-corrected chi connectivity index (χ0v) is 13.0. The third-order valence-electron chi connectivity index (χ3n) is 3.16. The molecule has 18 heavy (non-hydrogen) atoms. The maximum atomic E-state index is 11.8. The number of carbonyl (C=O) groups is 1. The number of rotatable bonds is 6. The van der Waals surface area contributed by atoms with E-state index in [1.165, 1.54) is 12.2 Å². The monoisotopic (exact) mass is 272 g/mol. The molecular formula is C14H28N2OS. The second-order valence-corrected chi connectivity index (χ2v) is 7.66. The first-order chi connectivity index (χ1) is 8.40. The Morgan fingerprint density at radius 3 is 2.67 bits per heavy atom. The standard InChI is InChI=1S/C14H28N2OS/c1-5-18-12-7-6-11(10-12)16-13(17)8-9-15-14(2,3)4/h11-12,15H,5-10H2,1-4H3,(H,16,17). The van der Waals surface area contributed by atoms with Gasteiger partial charge in [-0.15, -0.1) is 0 Å². The van der Waals surface area contributed by atoms with E-state index < -0.39 is 0 Å². The SMILES string of the molecule is CCSC1CCC(NC(=O)CCNC(C)(C)C)C1. The lowest BCUT2D eigenvalue weighted by Crippen LogP contribution is -2.40. The van der Waals surface area contributed by atoms with Gasteiger partial charge in [0.1, 0.15) is 0 Å². The van der Waals surface area contributed by atoms with E-state index in [0.717, 1.165) is 24.6 Å². The lowest BCUT2D eigenvalue weighted by atomic mass is 10.1. The summed E-state index contributed by atoms with van der Waals surface area (Å²) in [4.78, 5) is 11.8. The zero-order chi connectivity index (χ0) is 13.6. The first-order valence-electron chi connectivity index (χ1n) is 7.06. The average molecular weight is 272 g/mol. The van der Waals surface area contributed by atoms with E-state index in [1.54, 1.807) is 0 Å². The van der Waals surface area contributed by atoms with Gasteiger partial charge in [0.25, 0.3) is 0 Å². The van der Waals surface area contributed by atoms with Crippen LogP contribution >= 0.6 is 11.8 Å². The molecular weight excluding hydrogens is 244 g/mol. The van der Waals surface area contributed by atoms with Crippen molar-refractivity contribution in [1.29, 1.82) is 0 Å². The van der Waals surface area contributed by atoms with E-state index in [9.17, 15) is 4.79 Å². The third-order valence-corrected chi connectivity index (χ3v) is 4.39. The fourth-order valence-electron chi connectivity index (χ4n) is 2.31. The highest BCUT2D eigenvalue weighted by Gasteiger charge is 2.25. The minimum atomic E-state index is 0.0937. The largest absolute Gasteiger partial charge is 0.353 e. The van der Waals surface area contributed by atoms with Gasteiger partial charge in [-0.3, -0.25) is 4.79 Å². The van der Waals surface area contributed by atoms with Crippen molar-refractivity contribution < 1.29 is 4.79 Å². The summed E-state index contributed by atoms with van der Waals surface area (Å²) in [7, 11) is 0. The van der Waals surface area contributed by atoms with Gasteiger partial charge in [-0.2, -0.15) is 11.8 Å². The van der Waals surface area contributed by atoms with Gasteiger partial charge >= 0.3 is 0 Å². The van der Waals surface area contributed by atoms with Gasteiger partial charge in [0, 0.05) is 29.8 Å². The first-order valence-corrected chi connectivity index (χ1v) is 8.11. The third kappa shape index (κ3) is 6.64. The van der Waals surface area contributed by atoms with Gasteiger partial charge in [-0.05, 0) is 45.8 Å². The summed E-state index contributed by atoms with van der Waals surface area (Å²) in [6, 6.07) is 0.413. The molecule has 1 rings (SSSR count). The number of amides is 1. The molecule has 0 aromatic rings. The Balaban J connectivity index is 2.14. The van der Waals surface area contributed by atoms with E-state index in [0.29, 0.717) is 12.5 Å². The molecule has 1 fully saturated rings. The molecule has 0 aromatic heterocycles. The zero-order valence-electron chi connectivity index (χ0n) is 12.2. The van der Waals surface area contributed by atoms with Crippen LogP contribution in [0.15, 0.2) is 0 Å². The number of nitrogens with one attached hydrogen (secondary N) is 2. The molecule has 1 amide bonds. The van der Waals surface area contributed by atoms with Crippen molar-refractivity contribution in [1.82, 2.24) is 10.6 Å². The molecule has 2 atom stereocenters. The number of hydrogen-bond donors (Lipinski definition) is 2. The van der Waals surface area contributed by atoms with Crippen LogP contribution in [-0.4, -0.2) is 35.0 Å². The normalized spacial score (nSPS) is 24.2. The molecule has 0 bridgehead atoms. The molecule has 0 saturated heterocycles. The lowest BCUT2D eigenvalue weighted by molar-refractivity contribution is -0.121. The second-order valence-electron chi connectivity index (χ2n) is 6.08. The number of hydrogen-bond acceptors (Lipinski definition) is 3. The topological polar surface area (TPSA) is 41.1 Å². The number of thioether (sulfide) groups is 1. The van der Waals surface area contributed by atoms with Crippen LogP contribution in [0.1, 0.15) is 53.4 Å². The fraction of sp³-hybridized carbons (Fsp3) is 0.929. The van der Waals surface area contributed by atoms with Crippen LogP contribution in [0.25, 0.3) is 0 Å². The van der Waals surface area contributed by atoms with E-state index in [4.69, 9.17) is 0 Å². The predicted molar refractivity (Wildman–Crippen MR) is 80.1 cm³/mol. The average Bonchev–Trinajstić information content (AvgIpc) is 2.64. The van der Waals surface area contributed by atoms with Gasteiger partial charge in [-0.1, -0.05) is 6.92 Å². The van der Waals surface area contributed by atoms with E-state index in [1.807, 2.05) is 11.8 Å². The molecule has 106 valence electrons. The van der Waals surface area contributed by atoms with E-state index in [-0.39, 0.29) is 11.4 Å². The highest BCUT2D eigenvalue weighted by molar-refractivity contribution is 7.99. The molecule has 4 heteroatoms. The van der Waals surface area contributed by atoms with Crippen LogP contribution in [0.3, 0.4) is 0 Å². The summed E-state index contributed by atoms with van der Waals surface area (Å²) in [5.41, 5.74) is 0.0937. The van der Waals surface area contributed by atoms with Crippen LogP contribution < -0.4 is 10.6 Å². The molecule has 2 unspecified atom stereocenters. The Morgan fingerprint density at radius 2 is 2.06 bits per heavy atom. The Morgan fingerprint density at radius 1 is 1.33 bits per heavy atom. The van der Waals surface area contributed by atoms with Gasteiger partial charge in [-0.25, -0.2) is 0 Å². The van der Waals surface area contributed by atoms with Crippen LogP contribution in [0.4, 0.5) is 0 Å². The smallest absolute Gasteiger partial charge is 0.221 e. The Labute approximate surface area is 116 Å². The summed E-state index contributed by atoms with van der Waals surface area (Å²) in [6.45, 7) is 9.32. The van der Waals surface area contributed by atoms with Crippen LogP contribution in [0.2, 0.25) is 0 Å². The Bertz CT molecular complexity index is 263. The highest BCUT2D eigenvalue weighted by atomic mass is 32.2. The van der Waals surface area contributed by atoms with Gasteiger partial charge in [0.05, 0.1) is 0 Å². The minimum Gasteiger partial charge on any atom is -0.353 e. The lowest BCUT2D eigenvalue weighted by Gasteiger charge is -2.20. The molecule has 0 radical (unpaired) electrons. The van der Waals surface area contributed by atoms with Crippen molar-refractivity contribution in [3.63, 3.8) is 0 Å². The summed E-state index contributed by atoms with van der Waals surface area (Å²) in [5.74, 6) is 1.37. The molecule has 1 aliphatic carbocycles. The van der Waals surface area contributed by atoms with E-state index in [2.05, 4.69) is 38.3 Å². The van der Waals surface area contributed by atoms with Crippen molar-refractivity contribution in [3.05, 3.63) is 0 Å². The maximum absolute atomic E-state index is 11.8. The molecule has 1 aliphatic rings. The fourth-order valence-corrected chi connectivity index (χ4v) is 3.45. The summed E-state index contributed by atoms with van der Waals surface area (Å²) in [6.07, 6.45) is 4.14. The molecule has 0 aliphatic heterocycles. The molecule has 1 saturated carbocycles. The molecule has 0 aromatic carbocycles. The quantitative estimate of drug-likeness (QED) is 0.781. The number of carbonyl (C=O) groups excluding carboxylic acids is 1. The summed E-state index contributed by atoms with van der Waals surface area (Å²) >= 11 is 2.03. The molecule has 0 spiro atoms. The van der Waals surface area contributed by atoms with Gasteiger partial charge < -0.3 is 10.6 Å². The molecule has 3 nitrogen and oxygen atoms in total. The van der Waals surface area contributed by atoms with Crippen molar-refractivity contribution in [3.8, 4) is 0 Å². The van der Waals surface area contributed by atoms with E-state index >= 15 is 0 Å². The Hall–Kier alpha value is -0.220. The van der Waals surface area contributed by atoms with Crippen molar-refractivity contribution in [2.45, 2.75) is 70.2 Å². The maximum Gasteiger partial charge on any atom is 0.221 e. The molecule has 2 N–H and O–H groups in total. The van der Waals surface area contributed by atoms with Crippen molar-refractivity contribution in [2.24, 2.45) is 0 Å². The first kappa shape index (κ1) is 15.8.